The summed E-state index contributed by atoms with van der Waals surface area (Å²) < 4.78 is 0. The van der Waals surface area contributed by atoms with Gasteiger partial charge in [0.15, 0.2) is 0 Å². The van der Waals surface area contributed by atoms with Gasteiger partial charge in [-0.2, -0.15) is 0 Å². The predicted octanol–water partition coefficient (Wildman–Crippen LogP) is 1.92. The van der Waals surface area contributed by atoms with Gasteiger partial charge in [-0.3, -0.25) is 0 Å². The van der Waals surface area contributed by atoms with Gasteiger partial charge >= 0.3 is 5.97 Å². The van der Waals surface area contributed by atoms with Crippen molar-refractivity contribution < 1.29 is 15.0 Å². The molecule has 0 saturated heterocycles. The Morgan fingerprint density at radius 2 is 1.93 bits per heavy atom. The van der Waals surface area contributed by atoms with Crippen molar-refractivity contribution in [1.82, 2.24) is 0 Å². The fourth-order valence-corrected chi connectivity index (χ4v) is 1.56. The monoisotopic (exact) mass is 201 g/mol. The highest BCUT2D eigenvalue weighted by molar-refractivity contribution is 5.97. The minimum absolute atomic E-state index is 0.175. The smallest absolute Gasteiger partial charge is 0.335 e. The minimum atomic E-state index is -1.18. The molecule has 0 aliphatic rings. The van der Waals surface area contributed by atoms with E-state index in [1.807, 2.05) is 25.1 Å². The van der Waals surface area contributed by atoms with Crippen LogP contribution in [-0.2, 0) is 0 Å². The van der Waals surface area contributed by atoms with Gasteiger partial charge < -0.3 is 10.2 Å². The van der Waals surface area contributed by atoms with Gasteiger partial charge in [-0.15, -0.1) is 0 Å². The van der Waals surface area contributed by atoms with Crippen molar-refractivity contribution in [3.05, 3.63) is 41.5 Å². The molecule has 3 nitrogen and oxygen atoms in total. The van der Waals surface area contributed by atoms with E-state index < -0.39 is 11.7 Å². The van der Waals surface area contributed by atoms with E-state index in [4.69, 9.17) is 5.11 Å². The number of carboxylic acids is 1. The van der Waals surface area contributed by atoms with Gasteiger partial charge in [-0.1, -0.05) is 35.6 Å². The van der Waals surface area contributed by atoms with Crippen molar-refractivity contribution in [2.75, 3.05) is 0 Å². The summed E-state index contributed by atoms with van der Waals surface area (Å²) in [5, 5.41) is 21.7. The SMILES string of the molecule is Cc1ccc2cc(C(=O)O)c([O-])cc2c1. The van der Waals surface area contributed by atoms with Gasteiger partial charge in [0.05, 0.1) is 5.56 Å². The molecule has 0 heterocycles. The van der Waals surface area contributed by atoms with E-state index in [2.05, 4.69) is 0 Å². The Morgan fingerprint density at radius 1 is 1.20 bits per heavy atom. The van der Waals surface area contributed by atoms with Gasteiger partial charge in [0.1, 0.15) is 0 Å². The van der Waals surface area contributed by atoms with Crippen molar-refractivity contribution in [2.24, 2.45) is 0 Å². The molecule has 15 heavy (non-hydrogen) atoms. The van der Waals surface area contributed by atoms with Crippen LogP contribution in [0.1, 0.15) is 15.9 Å². The first kappa shape index (κ1) is 9.52. The van der Waals surface area contributed by atoms with E-state index in [9.17, 15) is 9.90 Å². The number of benzene rings is 2. The maximum Gasteiger partial charge on any atom is 0.335 e. The maximum atomic E-state index is 11.4. The topological polar surface area (TPSA) is 60.4 Å². The second-order valence-corrected chi connectivity index (χ2v) is 3.50. The van der Waals surface area contributed by atoms with Gasteiger partial charge in [0.2, 0.25) is 0 Å². The molecule has 0 saturated carbocycles. The summed E-state index contributed by atoms with van der Waals surface area (Å²) in [5.41, 5.74) is 0.872. The van der Waals surface area contributed by atoms with Crippen LogP contribution in [0, 0.1) is 6.92 Å². The first-order valence-electron chi connectivity index (χ1n) is 4.52. The molecule has 0 spiro atoms. The number of hydrogen-bond acceptors (Lipinski definition) is 2. The molecule has 2 aromatic carbocycles. The van der Waals surface area contributed by atoms with Crippen molar-refractivity contribution >= 4 is 16.7 Å². The van der Waals surface area contributed by atoms with Crippen molar-refractivity contribution in [3.63, 3.8) is 0 Å². The second-order valence-electron chi connectivity index (χ2n) is 3.50. The largest absolute Gasteiger partial charge is 0.872 e. The highest BCUT2D eigenvalue weighted by atomic mass is 16.4. The summed E-state index contributed by atoms with van der Waals surface area (Å²) in [4.78, 5) is 10.7. The lowest BCUT2D eigenvalue weighted by molar-refractivity contribution is -0.268. The maximum absolute atomic E-state index is 11.4. The van der Waals surface area contributed by atoms with Crippen LogP contribution in [0.3, 0.4) is 0 Å². The number of aryl methyl sites for hydroxylation is 1. The number of hydrogen-bond donors (Lipinski definition) is 1. The lowest BCUT2D eigenvalue weighted by Gasteiger charge is -2.11. The highest BCUT2D eigenvalue weighted by Crippen LogP contribution is 2.23. The van der Waals surface area contributed by atoms with Gasteiger partial charge in [-0.25, -0.2) is 4.79 Å². The minimum Gasteiger partial charge on any atom is -0.872 e. The summed E-state index contributed by atoms with van der Waals surface area (Å²) in [6.45, 7) is 1.93. The molecule has 0 bridgehead atoms. The fraction of sp³-hybridized carbons (Fsp3) is 0.0833. The molecule has 2 aromatic rings. The van der Waals surface area contributed by atoms with E-state index in [0.717, 1.165) is 16.3 Å². The molecule has 3 heteroatoms. The van der Waals surface area contributed by atoms with Crippen LogP contribution in [0.15, 0.2) is 30.3 Å². The van der Waals surface area contributed by atoms with E-state index in [-0.39, 0.29) is 5.56 Å². The zero-order chi connectivity index (χ0) is 11.0. The first-order chi connectivity index (χ1) is 7.08. The number of aromatic carboxylic acids is 1. The molecule has 76 valence electrons. The normalized spacial score (nSPS) is 10.5. The van der Waals surface area contributed by atoms with Gasteiger partial charge in [0, 0.05) is 0 Å². The van der Waals surface area contributed by atoms with Crippen molar-refractivity contribution in [3.8, 4) is 5.75 Å². The van der Waals surface area contributed by atoms with Crippen LogP contribution in [0.25, 0.3) is 10.8 Å². The Kier molecular flexibility index (Phi) is 2.08. The van der Waals surface area contributed by atoms with Crippen LogP contribution < -0.4 is 5.11 Å². The quantitative estimate of drug-likeness (QED) is 0.766. The van der Waals surface area contributed by atoms with Crippen LogP contribution in [0.2, 0.25) is 0 Å². The third kappa shape index (κ3) is 1.64. The van der Waals surface area contributed by atoms with Crippen molar-refractivity contribution in [1.29, 1.82) is 0 Å². The van der Waals surface area contributed by atoms with Gasteiger partial charge in [0.25, 0.3) is 0 Å². The Hall–Kier alpha value is -2.03. The zero-order valence-corrected chi connectivity index (χ0v) is 8.15. The highest BCUT2D eigenvalue weighted by Gasteiger charge is 2.05. The summed E-state index contributed by atoms with van der Waals surface area (Å²) in [7, 11) is 0. The Labute approximate surface area is 86.6 Å². The average molecular weight is 201 g/mol. The molecular formula is C12H9O3-. The molecule has 2 rings (SSSR count). The van der Waals surface area contributed by atoms with Crippen LogP contribution in [0.4, 0.5) is 0 Å². The first-order valence-corrected chi connectivity index (χ1v) is 4.52. The predicted molar refractivity (Wildman–Crippen MR) is 55.1 cm³/mol. The van der Waals surface area contributed by atoms with E-state index >= 15 is 0 Å². The summed E-state index contributed by atoms with van der Waals surface area (Å²) in [6.07, 6.45) is 0. The fourth-order valence-electron chi connectivity index (χ4n) is 1.56. The second kappa shape index (κ2) is 3.28. The lowest BCUT2D eigenvalue weighted by Crippen LogP contribution is -2.03. The Bertz CT molecular complexity index is 544. The number of fused-ring (bicyclic) bond motifs is 1. The molecule has 0 aliphatic heterocycles. The Morgan fingerprint density at radius 3 is 2.60 bits per heavy atom. The third-order valence-electron chi connectivity index (χ3n) is 2.32. The molecule has 0 amide bonds. The van der Waals surface area contributed by atoms with Crippen LogP contribution in [-0.4, -0.2) is 11.1 Å². The molecule has 0 atom stereocenters. The Balaban J connectivity index is 2.76. The lowest BCUT2D eigenvalue weighted by atomic mass is 10.0. The standard InChI is InChI=1S/C12H10O3/c1-7-2-3-8-5-10(12(14)15)11(13)6-9(8)4-7/h2-6,13H,1H3,(H,14,15)/p-1. The molecule has 0 aromatic heterocycles. The summed E-state index contributed by atoms with van der Waals surface area (Å²) in [6, 6.07) is 8.35. The summed E-state index contributed by atoms with van der Waals surface area (Å²) >= 11 is 0. The van der Waals surface area contributed by atoms with Gasteiger partial charge in [-0.05, 0) is 23.8 Å². The van der Waals surface area contributed by atoms with Crippen molar-refractivity contribution in [2.45, 2.75) is 6.92 Å². The number of carbonyl (C=O) groups is 1. The van der Waals surface area contributed by atoms with E-state index in [0.29, 0.717) is 0 Å². The zero-order valence-electron chi connectivity index (χ0n) is 8.15. The molecule has 0 radical (unpaired) electrons. The summed E-state index contributed by atoms with van der Waals surface area (Å²) in [5.74, 6) is -1.62. The van der Waals surface area contributed by atoms with Crippen LogP contribution in [0.5, 0.6) is 5.75 Å². The van der Waals surface area contributed by atoms with E-state index in [1.165, 1.54) is 12.1 Å². The third-order valence-corrected chi connectivity index (χ3v) is 2.32. The van der Waals surface area contributed by atoms with E-state index in [1.54, 1.807) is 0 Å². The van der Waals surface area contributed by atoms with Crippen LogP contribution >= 0.6 is 0 Å². The molecular weight excluding hydrogens is 192 g/mol. The molecule has 0 fully saturated rings. The number of rotatable bonds is 1. The number of carboxylic acid groups (broad SMARTS) is 1. The molecule has 0 aliphatic carbocycles. The average Bonchev–Trinajstić information content (AvgIpc) is 2.15. The molecule has 0 unspecified atom stereocenters. The molecule has 1 N–H and O–H groups in total.